The first-order valence-electron chi connectivity index (χ1n) is 6.63. The Balaban J connectivity index is 2.76. The van der Waals surface area contributed by atoms with Crippen molar-refractivity contribution >= 4 is 0 Å². The molecule has 1 aliphatic rings. The summed E-state index contributed by atoms with van der Waals surface area (Å²) >= 11 is 0. The predicted molar refractivity (Wildman–Crippen MR) is 60.6 cm³/mol. The van der Waals surface area contributed by atoms with Crippen molar-refractivity contribution in [3.63, 3.8) is 0 Å². The highest BCUT2D eigenvalue weighted by Gasteiger charge is 2.60. The molecule has 0 bridgehead atoms. The Morgan fingerprint density at radius 2 is 1.42 bits per heavy atom. The molecule has 0 aliphatic heterocycles. The molecule has 0 aromatic heterocycles. The Morgan fingerprint density at radius 3 is 1.74 bits per heavy atom. The van der Waals surface area contributed by atoms with Crippen LogP contribution in [0.25, 0.3) is 0 Å². The molecule has 0 atom stereocenters. The van der Waals surface area contributed by atoms with E-state index in [9.17, 15) is 26.3 Å². The molecule has 0 heterocycles. The van der Waals surface area contributed by atoms with Crippen LogP contribution in [0.5, 0.6) is 0 Å². The molecule has 1 rings (SSSR count). The minimum atomic E-state index is -5.19. The van der Waals surface area contributed by atoms with E-state index < -0.39 is 24.2 Å². The van der Waals surface area contributed by atoms with E-state index in [0.717, 1.165) is 12.8 Å². The monoisotopic (exact) mass is 290 g/mol. The van der Waals surface area contributed by atoms with Gasteiger partial charge >= 0.3 is 12.4 Å². The molecule has 1 fully saturated rings. The van der Waals surface area contributed by atoms with Crippen LogP contribution in [0.2, 0.25) is 0 Å². The summed E-state index contributed by atoms with van der Waals surface area (Å²) in [5.74, 6) is -4.48. The summed E-state index contributed by atoms with van der Waals surface area (Å²) in [7, 11) is 0. The molecule has 1 saturated carbocycles. The van der Waals surface area contributed by atoms with Crippen molar-refractivity contribution in [3.8, 4) is 0 Å². The van der Waals surface area contributed by atoms with Crippen LogP contribution in [0.1, 0.15) is 52.4 Å². The second-order valence-corrected chi connectivity index (χ2v) is 5.96. The van der Waals surface area contributed by atoms with E-state index in [1.165, 1.54) is 0 Å². The second kappa shape index (κ2) is 5.52. The van der Waals surface area contributed by atoms with Crippen molar-refractivity contribution in [2.24, 2.45) is 17.3 Å². The fraction of sp³-hybridized carbons (Fsp3) is 1.00. The quantitative estimate of drug-likeness (QED) is 0.583. The lowest BCUT2D eigenvalue weighted by atomic mass is 9.66. The number of halogens is 6. The molecule has 6 heteroatoms. The summed E-state index contributed by atoms with van der Waals surface area (Å²) in [6.07, 6.45) is -7.68. The summed E-state index contributed by atoms with van der Waals surface area (Å²) in [6, 6.07) is 0. The van der Waals surface area contributed by atoms with E-state index in [0.29, 0.717) is 12.8 Å². The van der Waals surface area contributed by atoms with Crippen LogP contribution in [0.15, 0.2) is 0 Å². The third-order valence-corrected chi connectivity index (χ3v) is 4.27. The molecular weight excluding hydrogens is 270 g/mol. The third-order valence-electron chi connectivity index (χ3n) is 4.27. The van der Waals surface area contributed by atoms with Crippen molar-refractivity contribution in [2.75, 3.05) is 0 Å². The molecule has 114 valence electrons. The van der Waals surface area contributed by atoms with Gasteiger partial charge in [-0.1, -0.05) is 20.3 Å². The van der Waals surface area contributed by atoms with Gasteiger partial charge < -0.3 is 0 Å². The van der Waals surface area contributed by atoms with E-state index in [-0.39, 0.29) is 18.3 Å². The minimum Gasteiger partial charge on any atom is -0.170 e. The molecule has 0 aromatic carbocycles. The van der Waals surface area contributed by atoms with Crippen molar-refractivity contribution in [3.05, 3.63) is 0 Å². The maximum Gasteiger partial charge on any atom is 0.400 e. The van der Waals surface area contributed by atoms with Crippen LogP contribution >= 0.6 is 0 Å². The lowest BCUT2D eigenvalue weighted by Gasteiger charge is -2.41. The molecule has 0 nitrogen and oxygen atoms in total. The highest BCUT2D eigenvalue weighted by molar-refractivity contribution is 4.89. The lowest BCUT2D eigenvalue weighted by Crippen LogP contribution is -2.44. The molecule has 0 radical (unpaired) electrons. The average Bonchev–Trinajstić information content (AvgIpc) is 2.18. The van der Waals surface area contributed by atoms with Gasteiger partial charge in [-0.15, -0.1) is 0 Å². The zero-order valence-electron chi connectivity index (χ0n) is 11.2. The maximum atomic E-state index is 12.6. The molecule has 0 aromatic rings. The van der Waals surface area contributed by atoms with Gasteiger partial charge in [0.25, 0.3) is 0 Å². The third kappa shape index (κ3) is 4.28. The molecule has 0 N–H and O–H groups in total. The smallest absolute Gasteiger partial charge is 0.170 e. The first-order valence-corrected chi connectivity index (χ1v) is 6.63. The first-order chi connectivity index (χ1) is 8.49. The summed E-state index contributed by atoms with van der Waals surface area (Å²) in [5.41, 5.74) is -0.0903. The summed E-state index contributed by atoms with van der Waals surface area (Å²) in [5, 5.41) is 0. The Bertz CT molecular complexity index is 268. The van der Waals surface area contributed by atoms with Crippen molar-refractivity contribution in [1.82, 2.24) is 0 Å². The van der Waals surface area contributed by atoms with Crippen LogP contribution < -0.4 is 0 Å². The lowest BCUT2D eigenvalue weighted by molar-refractivity contribution is -0.302. The number of rotatable bonds is 3. The van der Waals surface area contributed by atoms with Crippen molar-refractivity contribution < 1.29 is 26.3 Å². The van der Waals surface area contributed by atoms with Gasteiger partial charge in [-0.3, -0.25) is 0 Å². The van der Waals surface area contributed by atoms with E-state index in [1.54, 1.807) is 0 Å². The average molecular weight is 290 g/mol. The van der Waals surface area contributed by atoms with Crippen LogP contribution in [0, 0.1) is 17.3 Å². The van der Waals surface area contributed by atoms with Crippen LogP contribution in [0.3, 0.4) is 0 Å². The Labute approximate surface area is 109 Å². The topological polar surface area (TPSA) is 0 Å². The maximum absolute atomic E-state index is 12.6. The van der Waals surface area contributed by atoms with Gasteiger partial charge in [0.15, 0.2) is 5.92 Å². The Kier molecular flexibility index (Phi) is 4.84. The molecule has 1 aliphatic carbocycles. The largest absolute Gasteiger partial charge is 0.400 e. The summed E-state index contributed by atoms with van der Waals surface area (Å²) in [6.45, 7) is 3.94. The predicted octanol–water partition coefficient (Wildman–Crippen LogP) is 5.72. The van der Waals surface area contributed by atoms with E-state index >= 15 is 0 Å². The highest BCUT2D eigenvalue weighted by Crippen LogP contribution is 2.51. The molecular formula is C13H20F6. The Hall–Kier alpha value is -0.420. The molecule has 0 saturated heterocycles. The van der Waals surface area contributed by atoms with Gasteiger partial charge in [0, 0.05) is 0 Å². The summed E-state index contributed by atoms with van der Waals surface area (Å²) < 4.78 is 75.7. The van der Waals surface area contributed by atoms with Crippen molar-refractivity contribution in [2.45, 2.75) is 64.7 Å². The fourth-order valence-corrected chi connectivity index (χ4v) is 3.24. The van der Waals surface area contributed by atoms with Gasteiger partial charge in [0.1, 0.15) is 0 Å². The van der Waals surface area contributed by atoms with E-state index in [4.69, 9.17) is 0 Å². The standard InChI is InChI=1S/C13H20F6/c1-3-6-11(2)7-4-9(5-8-11)10(12(14,15)16)13(17,18)19/h9-10H,3-8H2,1-2H3. The zero-order chi connectivity index (χ0) is 14.9. The summed E-state index contributed by atoms with van der Waals surface area (Å²) in [4.78, 5) is 0. The normalized spacial score (nSPS) is 29.8. The highest BCUT2D eigenvalue weighted by atomic mass is 19.4. The number of alkyl halides is 6. The van der Waals surface area contributed by atoms with Gasteiger partial charge in [-0.05, 0) is 43.4 Å². The molecule has 0 amide bonds. The molecule has 0 spiro atoms. The van der Waals surface area contributed by atoms with Crippen LogP contribution in [-0.4, -0.2) is 12.4 Å². The Morgan fingerprint density at radius 1 is 1.00 bits per heavy atom. The van der Waals surface area contributed by atoms with Gasteiger partial charge in [-0.25, -0.2) is 0 Å². The minimum absolute atomic E-state index is 0.0141. The SMILES string of the molecule is CCCC1(C)CCC(C(C(F)(F)F)C(F)(F)F)CC1. The van der Waals surface area contributed by atoms with Gasteiger partial charge in [-0.2, -0.15) is 26.3 Å². The zero-order valence-corrected chi connectivity index (χ0v) is 11.2. The second-order valence-electron chi connectivity index (χ2n) is 5.96. The van der Waals surface area contributed by atoms with Crippen LogP contribution in [0.4, 0.5) is 26.3 Å². The number of hydrogen-bond donors (Lipinski definition) is 0. The first kappa shape index (κ1) is 16.6. The van der Waals surface area contributed by atoms with Gasteiger partial charge in [0.05, 0.1) is 0 Å². The molecule has 19 heavy (non-hydrogen) atoms. The van der Waals surface area contributed by atoms with E-state index in [2.05, 4.69) is 0 Å². The van der Waals surface area contributed by atoms with Gasteiger partial charge in [0.2, 0.25) is 0 Å². The van der Waals surface area contributed by atoms with Crippen molar-refractivity contribution in [1.29, 1.82) is 0 Å². The van der Waals surface area contributed by atoms with E-state index in [1.807, 2.05) is 13.8 Å². The van der Waals surface area contributed by atoms with Crippen LogP contribution in [-0.2, 0) is 0 Å². The molecule has 0 unspecified atom stereocenters. The number of hydrogen-bond acceptors (Lipinski definition) is 0. The fourth-order valence-electron chi connectivity index (χ4n) is 3.24.